The molecule has 0 atom stereocenters. The molecule has 2 N–H and O–H groups in total. The molecule has 154 valence electrons. The second-order valence-corrected chi connectivity index (χ2v) is 7.73. The Morgan fingerprint density at radius 3 is 2.23 bits per heavy atom. The number of benzene rings is 3. The molecule has 0 radical (unpaired) electrons. The number of piperidine rings is 1. The van der Waals surface area contributed by atoms with Crippen molar-refractivity contribution in [3.05, 3.63) is 78.4 Å². The highest BCUT2D eigenvalue weighted by molar-refractivity contribution is 6.04. The molecule has 0 unspecified atom stereocenters. The second-order valence-electron chi connectivity index (χ2n) is 7.73. The lowest BCUT2D eigenvalue weighted by Crippen LogP contribution is -2.35. The van der Waals surface area contributed by atoms with Crippen molar-refractivity contribution in [2.75, 3.05) is 25.5 Å². The average molecular weight is 402 g/mol. The summed E-state index contributed by atoms with van der Waals surface area (Å²) in [5, 5.41) is 12.4. The first kappa shape index (κ1) is 20.0. The molecule has 5 nitrogen and oxygen atoms in total. The van der Waals surface area contributed by atoms with Crippen molar-refractivity contribution in [1.29, 1.82) is 0 Å². The fourth-order valence-electron chi connectivity index (χ4n) is 3.62. The molecular weight excluding hydrogens is 376 g/mol. The van der Waals surface area contributed by atoms with E-state index in [0.717, 1.165) is 42.8 Å². The number of aromatic hydroxyl groups is 1. The summed E-state index contributed by atoms with van der Waals surface area (Å²) >= 11 is 0. The SMILES string of the molecule is CN1CCC(Oc2ccc(-c3ccc(NC(=O)c4cccc(O)c4)cc3)cc2)CC1. The van der Waals surface area contributed by atoms with Crippen LogP contribution in [0.3, 0.4) is 0 Å². The molecule has 4 rings (SSSR count). The van der Waals surface area contributed by atoms with E-state index >= 15 is 0 Å². The van der Waals surface area contributed by atoms with E-state index in [0.29, 0.717) is 17.4 Å². The summed E-state index contributed by atoms with van der Waals surface area (Å²) in [4.78, 5) is 14.6. The molecule has 1 amide bonds. The average Bonchev–Trinajstić information content (AvgIpc) is 2.76. The van der Waals surface area contributed by atoms with Crippen LogP contribution in [0.1, 0.15) is 23.2 Å². The summed E-state index contributed by atoms with van der Waals surface area (Å²) in [6.07, 6.45) is 2.42. The predicted octanol–water partition coefficient (Wildman–Crippen LogP) is 4.78. The van der Waals surface area contributed by atoms with E-state index in [9.17, 15) is 9.90 Å². The minimum absolute atomic E-state index is 0.0706. The van der Waals surface area contributed by atoms with Crippen LogP contribution < -0.4 is 10.1 Å². The van der Waals surface area contributed by atoms with Crippen molar-refractivity contribution in [3.63, 3.8) is 0 Å². The van der Waals surface area contributed by atoms with Crippen LogP contribution in [0.2, 0.25) is 0 Å². The summed E-state index contributed by atoms with van der Waals surface area (Å²) in [6.45, 7) is 2.16. The van der Waals surface area contributed by atoms with Gasteiger partial charge in [-0.1, -0.05) is 30.3 Å². The number of likely N-dealkylation sites (tertiary alicyclic amines) is 1. The Labute approximate surface area is 176 Å². The lowest BCUT2D eigenvalue weighted by molar-refractivity contribution is 0.102. The van der Waals surface area contributed by atoms with Crippen molar-refractivity contribution < 1.29 is 14.6 Å². The number of nitrogens with one attached hydrogen (secondary N) is 1. The van der Waals surface area contributed by atoms with Crippen molar-refractivity contribution in [2.24, 2.45) is 0 Å². The number of nitrogens with zero attached hydrogens (tertiary/aromatic N) is 1. The first-order valence-electron chi connectivity index (χ1n) is 10.2. The molecule has 1 heterocycles. The molecule has 3 aromatic rings. The van der Waals surface area contributed by atoms with Crippen LogP contribution in [-0.2, 0) is 0 Å². The fourth-order valence-corrected chi connectivity index (χ4v) is 3.62. The Kier molecular flexibility index (Phi) is 6.00. The summed E-state index contributed by atoms with van der Waals surface area (Å²) in [5.74, 6) is 0.721. The predicted molar refractivity (Wildman–Crippen MR) is 119 cm³/mol. The summed E-state index contributed by atoms with van der Waals surface area (Å²) in [5.41, 5.74) is 3.28. The largest absolute Gasteiger partial charge is 0.508 e. The summed E-state index contributed by atoms with van der Waals surface area (Å²) in [7, 11) is 2.15. The van der Waals surface area contributed by atoms with Gasteiger partial charge < -0.3 is 20.1 Å². The molecule has 1 fully saturated rings. The zero-order valence-electron chi connectivity index (χ0n) is 17.0. The highest BCUT2D eigenvalue weighted by Gasteiger charge is 2.17. The maximum Gasteiger partial charge on any atom is 0.255 e. The van der Waals surface area contributed by atoms with Gasteiger partial charge in [0.15, 0.2) is 0 Å². The third kappa shape index (κ3) is 4.99. The van der Waals surface area contributed by atoms with E-state index in [2.05, 4.69) is 29.4 Å². The molecule has 1 saturated heterocycles. The highest BCUT2D eigenvalue weighted by Crippen LogP contribution is 2.26. The molecule has 1 aliphatic rings. The van der Waals surface area contributed by atoms with E-state index in [1.807, 2.05) is 36.4 Å². The standard InChI is InChI=1S/C25H26N2O3/c1-27-15-13-24(14-16-27)30-23-11-7-19(8-12-23)18-5-9-21(10-6-18)26-25(29)20-3-2-4-22(28)17-20/h2-12,17,24,28H,13-16H2,1H3,(H,26,29). The van der Waals surface area contributed by atoms with Gasteiger partial charge in [0.05, 0.1) is 0 Å². The number of rotatable bonds is 5. The second kappa shape index (κ2) is 9.01. The zero-order valence-corrected chi connectivity index (χ0v) is 17.0. The minimum atomic E-state index is -0.256. The van der Waals surface area contributed by atoms with Gasteiger partial charge in [-0.05, 0) is 73.5 Å². The lowest BCUT2D eigenvalue weighted by atomic mass is 10.0. The Morgan fingerprint density at radius 2 is 1.60 bits per heavy atom. The number of ether oxygens (including phenoxy) is 1. The van der Waals surface area contributed by atoms with Crippen LogP contribution in [-0.4, -0.2) is 42.2 Å². The van der Waals surface area contributed by atoms with Crippen LogP contribution in [0.15, 0.2) is 72.8 Å². The number of hydrogen-bond acceptors (Lipinski definition) is 4. The zero-order chi connectivity index (χ0) is 20.9. The Hall–Kier alpha value is -3.31. The molecule has 0 saturated carbocycles. The van der Waals surface area contributed by atoms with Crippen LogP contribution in [0.5, 0.6) is 11.5 Å². The van der Waals surface area contributed by atoms with Crippen LogP contribution in [0, 0.1) is 0 Å². The Bertz CT molecular complexity index is 992. The molecular formula is C25H26N2O3. The van der Waals surface area contributed by atoms with Gasteiger partial charge in [-0.25, -0.2) is 0 Å². The van der Waals surface area contributed by atoms with Crippen LogP contribution >= 0.6 is 0 Å². The number of phenolic OH excluding ortho intramolecular Hbond substituents is 1. The number of hydrogen-bond donors (Lipinski definition) is 2. The number of anilines is 1. The summed E-state index contributed by atoms with van der Waals surface area (Å²) < 4.78 is 6.12. The van der Waals surface area contributed by atoms with Crippen molar-refractivity contribution in [2.45, 2.75) is 18.9 Å². The molecule has 0 spiro atoms. The van der Waals surface area contributed by atoms with E-state index in [1.165, 1.54) is 12.1 Å². The van der Waals surface area contributed by atoms with Crippen molar-refractivity contribution in [1.82, 2.24) is 4.90 Å². The summed E-state index contributed by atoms with van der Waals surface area (Å²) in [6, 6.07) is 22.2. The van der Waals surface area contributed by atoms with Crippen LogP contribution in [0.4, 0.5) is 5.69 Å². The van der Waals surface area contributed by atoms with Crippen molar-refractivity contribution in [3.8, 4) is 22.6 Å². The van der Waals surface area contributed by atoms with Gasteiger partial charge >= 0.3 is 0 Å². The van der Waals surface area contributed by atoms with E-state index in [4.69, 9.17) is 4.74 Å². The first-order chi connectivity index (χ1) is 14.6. The third-order valence-electron chi connectivity index (χ3n) is 5.41. The van der Waals surface area contributed by atoms with Gasteiger partial charge in [0.1, 0.15) is 17.6 Å². The normalized spacial score (nSPS) is 15.0. The van der Waals surface area contributed by atoms with E-state index < -0.39 is 0 Å². The number of amides is 1. The Balaban J connectivity index is 1.37. The van der Waals surface area contributed by atoms with Gasteiger partial charge in [0.25, 0.3) is 5.91 Å². The van der Waals surface area contributed by atoms with Gasteiger partial charge in [0, 0.05) is 24.3 Å². The lowest BCUT2D eigenvalue weighted by Gasteiger charge is -2.29. The monoisotopic (exact) mass is 402 g/mol. The van der Waals surface area contributed by atoms with E-state index in [-0.39, 0.29) is 11.7 Å². The molecule has 0 aromatic heterocycles. The maximum atomic E-state index is 12.3. The smallest absolute Gasteiger partial charge is 0.255 e. The van der Waals surface area contributed by atoms with Crippen molar-refractivity contribution >= 4 is 11.6 Å². The molecule has 5 heteroatoms. The molecule has 0 bridgehead atoms. The minimum Gasteiger partial charge on any atom is -0.508 e. The van der Waals surface area contributed by atoms with Gasteiger partial charge in [-0.15, -0.1) is 0 Å². The van der Waals surface area contributed by atoms with Gasteiger partial charge in [0.2, 0.25) is 0 Å². The topological polar surface area (TPSA) is 61.8 Å². The van der Waals surface area contributed by atoms with Gasteiger partial charge in [-0.2, -0.15) is 0 Å². The fraction of sp³-hybridized carbons (Fsp3) is 0.240. The first-order valence-corrected chi connectivity index (χ1v) is 10.2. The quantitative estimate of drug-likeness (QED) is 0.644. The molecule has 30 heavy (non-hydrogen) atoms. The molecule has 3 aromatic carbocycles. The number of carbonyl (C=O) groups excluding carboxylic acids is 1. The highest BCUT2D eigenvalue weighted by atomic mass is 16.5. The molecule has 1 aliphatic heterocycles. The van der Waals surface area contributed by atoms with Crippen LogP contribution in [0.25, 0.3) is 11.1 Å². The number of carbonyl (C=O) groups is 1. The van der Waals surface area contributed by atoms with Gasteiger partial charge in [-0.3, -0.25) is 4.79 Å². The maximum absolute atomic E-state index is 12.3. The molecule has 0 aliphatic carbocycles. The third-order valence-corrected chi connectivity index (χ3v) is 5.41. The Morgan fingerprint density at radius 1 is 0.967 bits per heavy atom. The van der Waals surface area contributed by atoms with E-state index in [1.54, 1.807) is 12.1 Å². The number of phenols is 1.